The standard InChI is InChI=1S/C25H25ClN2O6/c1-27-10-9-18-22(17-8-6-15(26)11-19(17)27)28(24(30)21(23(18)29)25(31)34-4)13-14-5-7-16(32-2)12-20(14)33-3/h5-8,11-12,29H,9-10,13H2,1-4H3. The van der Waals surface area contributed by atoms with Gasteiger partial charge in [0.2, 0.25) is 0 Å². The zero-order valence-electron chi connectivity index (χ0n) is 19.3. The first-order valence-corrected chi connectivity index (χ1v) is 11.0. The van der Waals surface area contributed by atoms with Gasteiger partial charge in [0, 0.05) is 47.1 Å². The van der Waals surface area contributed by atoms with E-state index in [9.17, 15) is 14.7 Å². The SMILES string of the molecule is COC(=O)c1c(O)c2c(n(Cc3ccc(OC)cc3OC)c1=O)-c1ccc(Cl)cc1N(C)CC2. The van der Waals surface area contributed by atoms with E-state index < -0.39 is 17.1 Å². The van der Waals surface area contributed by atoms with Crippen LogP contribution in [-0.4, -0.2) is 50.6 Å². The van der Waals surface area contributed by atoms with Gasteiger partial charge < -0.3 is 28.8 Å². The summed E-state index contributed by atoms with van der Waals surface area (Å²) in [5.41, 5.74) is 2.17. The van der Waals surface area contributed by atoms with Crippen molar-refractivity contribution in [2.45, 2.75) is 13.0 Å². The van der Waals surface area contributed by atoms with Crippen molar-refractivity contribution in [3.8, 4) is 28.5 Å². The third-order valence-corrected chi connectivity index (χ3v) is 6.31. The molecular formula is C25H25ClN2O6. The average Bonchev–Trinajstić information content (AvgIpc) is 2.98. The Morgan fingerprint density at radius 3 is 2.56 bits per heavy atom. The van der Waals surface area contributed by atoms with Crippen LogP contribution < -0.4 is 19.9 Å². The topological polar surface area (TPSA) is 90.2 Å². The molecule has 0 atom stereocenters. The van der Waals surface area contributed by atoms with Gasteiger partial charge in [0.25, 0.3) is 5.56 Å². The Kier molecular flexibility index (Phi) is 6.43. The van der Waals surface area contributed by atoms with Gasteiger partial charge in [-0.15, -0.1) is 0 Å². The van der Waals surface area contributed by atoms with Crippen LogP contribution in [0.15, 0.2) is 41.2 Å². The molecule has 0 unspecified atom stereocenters. The van der Waals surface area contributed by atoms with Crippen molar-refractivity contribution < 1.29 is 24.1 Å². The summed E-state index contributed by atoms with van der Waals surface area (Å²) in [5, 5.41) is 11.6. The molecule has 0 radical (unpaired) electrons. The number of anilines is 1. The van der Waals surface area contributed by atoms with E-state index in [1.807, 2.05) is 24.1 Å². The number of hydrogen-bond donors (Lipinski definition) is 1. The number of carbonyl (C=O) groups excluding carboxylic acids is 1. The Morgan fingerprint density at radius 1 is 1.12 bits per heavy atom. The van der Waals surface area contributed by atoms with Crippen LogP contribution in [0.25, 0.3) is 11.3 Å². The number of hydrogen-bond acceptors (Lipinski definition) is 7. The summed E-state index contributed by atoms with van der Waals surface area (Å²) in [7, 11) is 6.17. The summed E-state index contributed by atoms with van der Waals surface area (Å²) in [5.74, 6) is -0.125. The fourth-order valence-corrected chi connectivity index (χ4v) is 4.49. The maximum atomic E-state index is 13.7. The summed E-state index contributed by atoms with van der Waals surface area (Å²) in [6.45, 7) is 0.628. The number of rotatable bonds is 5. The van der Waals surface area contributed by atoms with E-state index in [0.717, 1.165) is 11.3 Å². The lowest BCUT2D eigenvalue weighted by molar-refractivity contribution is 0.0594. The second-order valence-electron chi connectivity index (χ2n) is 7.94. The minimum atomic E-state index is -0.894. The molecule has 0 aliphatic carbocycles. The Bertz CT molecular complexity index is 1330. The number of nitrogens with zero attached hydrogens (tertiary/aromatic N) is 2. The molecule has 1 aliphatic rings. The molecule has 0 saturated carbocycles. The first-order valence-electron chi connectivity index (χ1n) is 10.6. The van der Waals surface area contributed by atoms with Crippen LogP contribution in [0.2, 0.25) is 5.02 Å². The number of halogens is 1. The van der Waals surface area contributed by atoms with Gasteiger partial charge in [0.15, 0.2) is 5.56 Å². The summed E-state index contributed by atoms with van der Waals surface area (Å²) in [6.07, 6.45) is 0.397. The largest absolute Gasteiger partial charge is 0.506 e. The van der Waals surface area contributed by atoms with Crippen LogP contribution in [0.4, 0.5) is 5.69 Å². The van der Waals surface area contributed by atoms with Crippen LogP contribution in [0.3, 0.4) is 0 Å². The van der Waals surface area contributed by atoms with Gasteiger partial charge in [-0.1, -0.05) is 11.6 Å². The summed E-state index contributed by atoms with van der Waals surface area (Å²) in [4.78, 5) is 28.2. The second kappa shape index (κ2) is 9.30. The van der Waals surface area contributed by atoms with E-state index in [1.54, 1.807) is 31.4 Å². The van der Waals surface area contributed by atoms with Crippen LogP contribution in [0, 0.1) is 0 Å². The van der Waals surface area contributed by atoms with Crippen LogP contribution >= 0.6 is 11.6 Å². The normalized spacial score (nSPS) is 12.4. The number of benzene rings is 2. The van der Waals surface area contributed by atoms with Gasteiger partial charge >= 0.3 is 5.97 Å². The molecule has 34 heavy (non-hydrogen) atoms. The van der Waals surface area contributed by atoms with Gasteiger partial charge in [-0.05, 0) is 36.8 Å². The van der Waals surface area contributed by atoms with Gasteiger partial charge in [-0.2, -0.15) is 0 Å². The molecule has 2 aromatic carbocycles. The lowest BCUT2D eigenvalue weighted by atomic mass is 9.99. The molecule has 0 spiro atoms. The van der Waals surface area contributed by atoms with E-state index in [-0.39, 0.29) is 12.3 Å². The molecule has 0 saturated heterocycles. The number of fused-ring (bicyclic) bond motifs is 3. The summed E-state index contributed by atoms with van der Waals surface area (Å²) < 4.78 is 17.1. The monoisotopic (exact) mass is 484 g/mol. The summed E-state index contributed by atoms with van der Waals surface area (Å²) in [6, 6.07) is 10.7. The molecular weight excluding hydrogens is 460 g/mol. The fraction of sp³-hybridized carbons (Fsp3) is 0.280. The van der Waals surface area contributed by atoms with Gasteiger partial charge in [-0.3, -0.25) is 4.79 Å². The molecule has 1 aromatic heterocycles. The van der Waals surface area contributed by atoms with Crippen molar-refractivity contribution in [1.29, 1.82) is 0 Å². The van der Waals surface area contributed by atoms with Gasteiger partial charge in [0.1, 0.15) is 17.2 Å². The minimum Gasteiger partial charge on any atom is -0.506 e. The molecule has 3 aromatic rings. The fourth-order valence-electron chi connectivity index (χ4n) is 4.32. The van der Waals surface area contributed by atoms with Crippen LogP contribution in [0.1, 0.15) is 21.5 Å². The van der Waals surface area contributed by atoms with Crippen molar-refractivity contribution in [1.82, 2.24) is 4.57 Å². The van der Waals surface area contributed by atoms with E-state index in [2.05, 4.69) is 0 Å². The highest BCUT2D eigenvalue weighted by atomic mass is 35.5. The minimum absolute atomic E-state index is 0.0877. The first-order chi connectivity index (χ1) is 16.3. The zero-order valence-corrected chi connectivity index (χ0v) is 20.1. The maximum Gasteiger partial charge on any atom is 0.347 e. The third kappa shape index (κ3) is 3.94. The van der Waals surface area contributed by atoms with Crippen molar-refractivity contribution in [3.05, 3.63) is 68.5 Å². The smallest absolute Gasteiger partial charge is 0.347 e. The first kappa shape index (κ1) is 23.5. The predicted molar refractivity (Wildman–Crippen MR) is 130 cm³/mol. The van der Waals surface area contributed by atoms with Crippen LogP contribution in [0.5, 0.6) is 17.2 Å². The van der Waals surface area contributed by atoms with E-state index in [1.165, 1.54) is 18.8 Å². The highest BCUT2D eigenvalue weighted by Gasteiger charge is 2.31. The van der Waals surface area contributed by atoms with Crippen molar-refractivity contribution in [3.63, 3.8) is 0 Å². The zero-order chi connectivity index (χ0) is 24.6. The summed E-state index contributed by atoms with van der Waals surface area (Å²) >= 11 is 6.27. The predicted octanol–water partition coefficient (Wildman–Crippen LogP) is 3.72. The molecule has 2 heterocycles. The molecule has 178 valence electrons. The van der Waals surface area contributed by atoms with Gasteiger partial charge in [-0.25, -0.2) is 4.79 Å². The molecule has 0 bridgehead atoms. The number of pyridine rings is 1. The Labute approximate surface area is 201 Å². The average molecular weight is 485 g/mol. The lowest BCUT2D eigenvalue weighted by Gasteiger charge is -2.22. The Hall–Kier alpha value is -3.65. The Balaban J connectivity index is 2.06. The lowest BCUT2D eigenvalue weighted by Crippen LogP contribution is -2.30. The number of aromatic nitrogens is 1. The number of ether oxygens (including phenoxy) is 3. The van der Waals surface area contributed by atoms with Crippen molar-refractivity contribution in [2.75, 3.05) is 39.8 Å². The molecule has 8 nitrogen and oxygen atoms in total. The maximum absolute atomic E-state index is 13.7. The second-order valence-corrected chi connectivity index (χ2v) is 8.38. The molecule has 0 fully saturated rings. The van der Waals surface area contributed by atoms with Crippen LogP contribution in [-0.2, 0) is 17.7 Å². The quantitative estimate of drug-likeness (QED) is 0.552. The van der Waals surface area contributed by atoms with E-state index >= 15 is 0 Å². The molecule has 4 rings (SSSR count). The number of aromatic hydroxyl groups is 1. The number of likely N-dealkylation sites (N-methyl/N-ethyl adjacent to an activating group) is 1. The third-order valence-electron chi connectivity index (χ3n) is 6.07. The molecule has 1 aliphatic heterocycles. The van der Waals surface area contributed by atoms with E-state index in [4.69, 9.17) is 25.8 Å². The molecule has 9 heteroatoms. The highest BCUT2D eigenvalue weighted by Crippen LogP contribution is 2.41. The highest BCUT2D eigenvalue weighted by molar-refractivity contribution is 6.31. The number of methoxy groups -OCH3 is 3. The van der Waals surface area contributed by atoms with E-state index in [0.29, 0.717) is 46.3 Å². The number of carbonyl (C=O) groups is 1. The Morgan fingerprint density at radius 2 is 1.88 bits per heavy atom. The molecule has 0 amide bonds. The van der Waals surface area contributed by atoms with Gasteiger partial charge in [0.05, 0.1) is 33.6 Å². The van der Waals surface area contributed by atoms with Crippen molar-refractivity contribution >= 4 is 23.3 Å². The molecule has 1 N–H and O–H groups in total. The van der Waals surface area contributed by atoms with Crippen molar-refractivity contribution in [2.24, 2.45) is 0 Å². The number of esters is 1.